The van der Waals surface area contributed by atoms with E-state index < -0.39 is 0 Å². The number of ether oxygens (including phenoxy) is 2. The molecule has 0 saturated carbocycles. The molecule has 1 atom stereocenters. The van der Waals surface area contributed by atoms with Gasteiger partial charge in [-0.15, -0.1) is 0 Å². The molecule has 1 aliphatic rings. The topological polar surface area (TPSA) is 30.5 Å². The minimum absolute atomic E-state index is 0.000736. The number of unbranched alkanes of at least 4 members (excludes halogenated alkanes) is 2. The van der Waals surface area contributed by atoms with Crippen molar-refractivity contribution >= 4 is 0 Å². The van der Waals surface area contributed by atoms with Gasteiger partial charge in [-0.05, 0) is 13.5 Å². The summed E-state index contributed by atoms with van der Waals surface area (Å²) in [6.45, 7) is 3.91. The third kappa shape index (κ3) is 3.44. The Labute approximate surface area is 99.9 Å². The van der Waals surface area contributed by atoms with Gasteiger partial charge in [-0.3, -0.25) is 0 Å². The molecule has 1 heterocycles. The molecule has 1 unspecified atom stereocenters. The quantitative estimate of drug-likeness (QED) is 0.680. The summed E-state index contributed by atoms with van der Waals surface area (Å²) < 4.78 is 11.3. The predicted octanol–water partition coefficient (Wildman–Crippen LogP) is 2.35. The lowest BCUT2D eigenvalue weighted by Gasteiger charge is -2.42. The van der Waals surface area contributed by atoms with Crippen LogP contribution < -0.4 is 5.32 Å². The van der Waals surface area contributed by atoms with Gasteiger partial charge < -0.3 is 14.8 Å². The summed E-state index contributed by atoms with van der Waals surface area (Å²) in [5.74, 6) is 0. The zero-order valence-electron chi connectivity index (χ0n) is 11.1. The largest absolute Gasteiger partial charge is 0.381 e. The first-order valence-corrected chi connectivity index (χ1v) is 6.59. The Morgan fingerprint density at radius 1 is 1.31 bits per heavy atom. The minimum atomic E-state index is 0.000736. The zero-order valence-corrected chi connectivity index (χ0v) is 11.1. The van der Waals surface area contributed by atoms with Gasteiger partial charge in [0.2, 0.25) is 0 Å². The minimum Gasteiger partial charge on any atom is -0.381 e. The van der Waals surface area contributed by atoms with E-state index in [0.717, 1.165) is 26.1 Å². The van der Waals surface area contributed by atoms with E-state index in [9.17, 15) is 0 Å². The molecule has 0 aromatic carbocycles. The van der Waals surface area contributed by atoms with Crippen molar-refractivity contribution in [3.8, 4) is 0 Å². The molecule has 3 nitrogen and oxygen atoms in total. The van der Waals surface area contributed by atoms with Gasteiger partial charge in [-0.1, -0.05) is 26.2 Å². The van der Waals surface area contributed by atoms with E-state index in [-0.39, 0.29) is 5.60 Å². The Morgan fingerprint density at radius 2 is 2.00 bits per heavy atom. The van der Waals surface area contributed by atoms with E-state index in [0.29, 0.717) is 6.04 Å². The Hall–Kier alpha value is -0.120. The highest BCUT2D eigenvalue weighted by Crippen LogP contribution is 2.30. The smallest absolute Gasteiger partial charge is 0.0874 e. The van der Waals surface area contributed by atoms with Crippen LogP contribution in [0.1, 0.15) is 45.4 Å². The van der Waals surface area contributed by atoms with Gasteiger partial charge in [0.25, 0.3) is 0 Å². The standard InChI is InChI=1S/C13H27NO2/c1-4-5-6-7-12(14-2)13(15-3)8-10-16-11-9-13/h12,14H,4-11H2,1-3H3. The fraction of sp³-hybridized carbons (Fsp3) is 1.00. The number of methoxy groups -OCH3 is 1. The second-order valence-electron chi connectivity index (χ2n) is 4.72. The lowest BCUT2D eigenvalue weighted by atomic mass is 9.83. The van der Waals surface area contributed by atoms with Gasteiger partial charge in [-0.25, -0.2) is 0 Å². The number of hydrogen-bond donors (Lipinski definition) is 1. The van der Waals surface area contributed by atoms with Gasteiger partial charge in [0, 0.05) is 39.2 Å². The average molecular weight is 229 g/mol. The van der Waals surface area contributed by atoms with Crippen molar-refractivity contribution in [2.24, 2.45) is 0 Å². The van der Waals surface area contributed by atoms with E-state index in [1.807, 2.05) is 14.2 Å². The molecule has 1 aliphatic heterocycles. The maximum absolute atomic E-state index is 5.82. The molecular formula is C13H27NO2. The van der Waals surface area contributed by atoms with Gasteiger partial charge in [0.05, 0.1) is 5.60 Å². The Morgan fingerprint density at radius 3 is 2.50 bits per heavy atom. The molecule has 0 amide bonds. The van der Waals surface area contributed by atoms with E-state index in [1.165, 1.54) is 25.7 Å². The van der Waals surface area contributed by atoms with E-state index in [1.54, 1.807) is 0 Å². The average Bonchev–Trinajstić information content (AvgIpc) is 2.35. The SMILES string of the molecule is CCCCCC(NC)C1(OC)CCOCC1. The van der Waals surface area contributed by atoms with Crippen LogP contribution in [-0.4, -0.2) is 39.0 Å². The number of nitrogens with one attached hydrogen (secondary N) is 1. The molecule has 0 bridgehead atoms. The van der Waals surface area contributed by atoms with Crippen LogP contribution in [0, 0.1) is 0 Å². The molecule has 16 heavy (non-hydrogen) atoms. The fourth-order valence-electron chi connectivity index (χ4n) is 2.68. The zero-order chi connectivity index (χ0) is 11.9. The second-order valence-corrected chi connectivity index (χ2v) is 4.72. The Balaban J connectivity index is 2.51. The molecular weight excluding hydrogens is 202 g/mol. The van der Waals surface area contributed by atoms with Gasteiger partial charge in [-0.2, -0.15) is 0 Å². The van der Waals surface area contributed by atoms with E-state index in [4.69, 9.17) is 9.47 Å². The van der Waals surface area contributed by atoms with Crippen molar-refractivity contribution in [3.05, 3.63) is 0 Å². The third-order valence-corrected chi connectivity index (χ3v) is 3.83. The lowest BCUT2D eigenvalue weighted by molar-refractivity contribution is -0.110. The molecule has 0 aromatic heterocycles. The van der Waals surface area contributed by atoms with Crippen LogP contribution in [0.2, 0.25) is 0 Å². The molecule has 96 valence electrons. The van der Waals surface area contributed by atoms with Crippen molar-refractivity contribution in [3.63, 3.8) is 0 Å². The summed E-state index contributed by atoms with van der Waals surface area (Å²) in [6, 6.07) is 0.466. The van der Waals surface area contributed by atoms with Crippen LogP contribution in [0.3, 0.4) is 0 Å². The second kappa shape index (κ2) is 7.25. The molecule has 0 aromatic rings. The van der Waals surface area contributed by atoms with E-state index >= 15 is 0 Å². The molecule has 1 saturated heterocycles. The number of likely N-dealkylation sites (N-methyl/N-ethyl adjacent to an activating group) is 1. The molecule has 1 rings (SSSR count). The number of hydrogen-bond acceptors (Lipinski definition) is 3. The van der Waals surface area contributed by atoms with E-state index in [2.05, 4.69) is 12.2 Å². The first-order valence-electron chi connectivity index (χ1n) is 6.59. The van der Waals surface area contributed by atoms with Crippen LogP contribution in [0.5, 0.6) is 0 Å². The van der Waals surface area contributed by atoms with Crippen molar-refractivity contribution < 1.29 is 9.47 Å². The first kappa shape index (κ1) is 13.9. The highest BCUT2D eigenvalue weighted by molar-refractivity contribution is 4.94. The summed E-state index contributed by atoms with van der Waals surface area (Å²) >= 11 is 0. The molecule has 1 N–H and O–H groups in total. The summed E-state index contributed by atoms with van der Waals surface area (Å²) in [7, 11) is 3.89. The van der Waals surface area contributed by atoms with Gasteiger partial charge in [0.15, 0.2) is 0 Å². The van der Waals surface area contributed by atoms with Crippen LogP contribution in [0.4, 0.5) is 0 Å². The van der Waals surface area contributed by atoms with Crippen LogP contribution >= 0.6 is 0 Å². The van der Waals surface area contributed by atoms with Crippen LogP contribution in [0.15, 0.2) is 0 Å². The summed E-state index contributed by atoms with van der Waals surface area (Å²) in [5, 5.41) is 3.44. The predicted molar refractivity (Wildman–Crippen MR) is 66.8 cm³/mol. The Kier molecular flexibility index (Phi) is 6.32. The molecule has 0 spiro atoms. The molecule has 1 fully saturated rings. The van der Waals surface area contributed by atoms with Crippen LogP contribution in [-0.2, 0) is 9.47 Å². The lowest BCUT2D eigenvalue weighted by Crippen LogP contribution is -2.54. The maximum atomic E-state index is 5.82. The van der Waals surface area contributed by atoms with Gasteiger partial charge >= 0.3 is 0 Å². The molecule has 3 heteroatoms. The first-order chi connectivity index (χ1) is 7.79. The van der Waals surface area contributed by atoms with Crippen molar-refractivity contribution in [2.45, 2.75) is 57.1 Å². The van der Waals surface area contributed by atoms with Crippen LogP contribution in [0.25, 0.3) is 0 Å². The highest BCUT2D eigenvalue weighted by atomic mass is 16.5. The highest BCUT2D eigenvalue weighted by Gasteiger charge is 2.39. The monoisotopic (exact) mass is 229 g/mol. The molecule has 0 aliphatic carbocycles. The van der Waals surface area contributed by atoms with Crippen molar-refractivity contribution in [2.75, 3.05) is 27.4 Å². The van der Waals surface area contributed by atoms with Crippen molar-refractivity contribution in [1.29, 1.82) is 0 Å². The fourth-order valence-corrected chi connectivity index (χ4v) is 2.68. The summed E-state index contributed by atoms with van der Waals surface area (Å²) in [5.41, 5.74) is 0.000736. The van der Waals surface area contributed by atoms with Gasteiger partial charge in [0.1, 0.15) is 0 Å². The maximum Gasteiger partial charge on any atom is 0.0874 e. The number of rotatable bonds is 7. The summed E-state index contributed by atoms with van der Waals surface area (Å²) in [4.78, 5) is 0. The Bertz CT molecular complexity index is 179. The molecule has 0 radical (unpaired) electrons. The summed E-state index contributed by atoms with van der Waals surface area (Å²) in [6.07, 6.45) is 7.11. The van der Waals surface area contributed by atoms with Crippen molar-refractivity contribution in [1.82, 2.24) is 5.32 Å². The third-order valence-electron chi connectivity index (χ3n) is 3.83. The normalized spacial score (nSPS) is 21.9.